The van der Waals surface area contributed by atoms with E-state index >= 15 is 0 Å². The Kier molecular flexibility index (Phi) is 4.08. The molecule has 140 valence electrons. The molecular weight excluding hydrogens is 366 g/mol. The number of pyridine rings is 1. The third-order valence-electron chi connectivity index (χ3n) is 4.45. The molecule has 0 unspecified atom stereocenters. The van der Waals surface area contributed by atoms with Crippen LogP contribution in [0.2, 0.25) is 0 Å². The number of fused-ring (bicyclic) bond motifs is 3. The van der Waals surface area contributed by atoms with Gasteiger partial charge in [-0.15, -0.1) is 0 Å². The standard InChI is InChI=1S/C17H19N7O2S/c1-3-24(27(2,25)26)9-14-21-15-11-5-4-10(12-6-7-19-23-12)8-13(11)20-17(18)16(15)22-14/h4-8H,3,9H2,1-2H3,(H2,18,20)(H,19,23)(H,21,22). The fourth-order valence-corrected chi connectivity index (χ4v) is 3.93. The number of H-pyrrole nitrogens is 2. The molecule has 0 radical (unpaired) electrons. The van der Waals surface area contributed by atoms with E-state index in [1.807, 2.05) is 24.3 Å². The number of sulfonamides is 1. The lowest BCUT2D eigenvalue weighted by Gasteiger charge is -2.15. The number of aromatic nitrogens is 5. The average molecular weight is 385 g/mol. The van der Waals surface area contributed by atoms with Gasteiger partial charge in [-0.2, -0.15) is 9.40 Å². The van der Waals surface area contributed by atoms with Crippen molar-refractivity contribution in [1.82, 2.24) is 29.5 Å². The van der Waals surface area contributed by atoms with Crippen molar-refractivity contribution >= 4 is 37.8 Å². The van der Waals surface area contributed by atoms with Crippen LogP contribution >= 0.6 is 0 Å². The number of nitrogens with one attached hydrogen (secondary N) is 2. The van der Waals surface area contributed by atoms with Crippen LogP contribution < -0.4 is 5.73 Å². The monoisotopic (exact) mass is 385 g/mol. The fourth-order valence-electron chi connectivity index (χ4n) is 3.11. The van der Waals surface area contributed by atoms with Crippen LogP contribution in [0.1, 0.15) is 12.7 Å². The quantitative estimate of drug-likeness (QED) is 0.480. The van der Waals surface area contributed by atoms with Crippen molar-refractivity contribution in [1.29, 1.82) is 0 Å². The summed E-state index contributed by atoms with van der Waals surface area (Å²) in [5, 5.41) is 7.83. The molecule has 0 atom stereocenters. The van der Waals surface area contributed by atoms with Gasteiger partial charge in [0.25, 0.3) is 0 Å². The molecule has 9 nitrogen and oxygen atoms in total. The predicted molar refractivity (Wildman–Crippen MR) is 104 cm³/mol. The summed E-state index contributed by atoms with van der Waals surface area (Å²) in [7, 11) is -3.32. The minimum Gasteiger partial charge on any atom is -0.382 e. The van der Waals surface area contributed by atoms with E-state index in [9.17, 15) is 8.42 Å². The number of benzene rings is 1. The molecule has 0 aliphatic heterocycles. The molecule has 1 aromatic carbocycles. The topological polar surface area (TPSA) is 134 Å². The lowest BCUT2D eigenvalue weighted by atomic mass is 10.1. The summed E-state index contributed by atoms with van der Waals surface area (Å²) in [4.78, 5) is 12.1. The zero-order valence-corrected chi connectivity index (χ0v) is 15.7. The van der Waals surface area contributed by atoms with Gasteiger partial charge in [0.2, 0.25) is 10.0 Å². The molecule has 4 aromatic rings. The van der Waals surface area contributed by atoms with Crippen molar-refractivity contribution in [2.24, 2.45) is 0 Å². The molecule has 0 spiro atoms. The summed E-state index contributed by atoms with van der Waals surface area (Å²) >= 11 is 0. The lowest BCUT2D eigenvalue weighted by Crippen LogP contribution is -2.29. The second-order valence-electron chi connectivity index (χ2n) is 6.28. The smallest absolute Gasteiger partial charge is 0.211 e. The summed E-state index contributed by atoms with van der Waals surface area (Å²) in [6, 6.07) is 7.67. The van der Waals surface area contributed by atoms with Gasteiger partial charge in [0.05, 0.1) is 29.5 Å². The van der Waals surface area contributed by atoms with E-state index in [0.29, 0.717) is 29.2 Å². The van der Waals surface area contributed by atoms with Gasteiger partial charge in [0, 0.05) is 23.7 Å². The third kappa shape index (κ3) is 3.13. The van der Waals surface area contributed by atoms with Crippen LogP contribution in [-0.2, 0) is 16.6 Å². The molecule has 0 saturated carbocycles. The average Bonchev–Trinajstić information content (AvgIpc) is 3.28. The zero-order valence-electron chi connectivity index (χ0n) is 14.9. The first kappa shape index (κ1) is 17.4. The molecule has 0 bridgehead atoms. The first-order valence-electron chi connectivity index (χ1n) is 8.40. The van der Waals surface area contributed by atoms with E-state index in [0.717, 1.165) is 22.2 Å². The van der Waals surface area contributed by atoms with Crippen molar-refractivity contribution in [3.8, 4) is 11.3 Å². The second kappa shape index (κ2) is 6.32. The van der Waals surface area contributed by atoms with Crippen LogP contribution in [0, 0.1) is 0 Å². The minimum absolute atomic E-state index is 0.149. The highest BCUT2D eigenvalue weighted by atomic mass is 32.2. The van der Waals surface area contributed by atoms with Crippen molar-refractivity contribution < 1.29 is 8.42 Å². The zero-order chi connectivity index (χ0) is 19.2. The molecule has 0 amide bonds. The second-order valence-corrected chi connectivity index (χ2v) is 8.27. The Labute approximate surface area is 155 Å². The summed E-state index contributed by atoms with van der Waals surface area (Å²) in [5.74, 6) is 0.816. The molecule has 0 aliphatic rings. The first-order valence-corrected chi connectivity index (χ1v) is 10.2. The molecule has 0 fully saturated rings. The summed E-state index contributed by atoms with van der Waals surface area (Å²) in [5.41, 5.74) is 9.83. The number of rotatable bonds is 5. The number of anilines is 1. The number of hydrogen-bond acceptors (Lipinski definition) is 6. The maximum Gasteiger partial charge on any atom is 0.211 e. The van der Waals surface area contributed by atoms with Crippen LogP contribution in [-0.4, -0.2) is 50.7 Å². The maximum atomic E-state index is 11.9. The molecule has 4 N–H and O–H groups in total. The van der Waals surface area contributed by atoms with Crippen molar-refractivity contribution in [3.05, 3.63) is 36.3 Å². The summed E-state index contributed by atoms with van der Waals surface area (Å²) < 4.78 is 25.0. The number of imidazole rings is 1. The van der Waals surface area contributed by atoms with Gasteiger partial charge in [-0.1, -0.05) is 13.0 Å². The lowest BCUT2D eigenvalue weighted by molar-refractivity contribution is 0.420. The van der Waals surface area contributed by atoms with Crippen LogP contribution in [0.3, 0.4) is 0 Å². The van der Waals surface area contributed by atoms with E-state index in [1.54, 1.807) is 13.1 Å². The Morgan fingerprint density at radius 3 is 2.70 bits per heavy atom. The molecule has 0 saturated heterocycles. The van der Waals surface area contributed by atoms with Gasteiger partial charge in [0.15, 0.2) is 5.82 Å². The third-order valence-corrected chi connectivity index (χ3v) is 5.77. The SMILES string of the molecule is CCN(Cc1nc2c(N)nc3cc(-c4cc[nH]n4)ccc3c2[nH]1)S(C)(=O)=O. The van der Waals surface area contributed by atoms with E-state index in [2.05, 4.69) is 25.1 Å². The number of hydrogen-bond donors (Lipinski definition) is 3. The normalized spacial score (nSPS) is 12.4. The molecule has 27 heavy (non-hydrogen) atoms. The van der Waals surface area contributed by atoms with E-state index in [1.165, 1.54) is 10.6 Å². The first-order chi connectivity index (χ1) is 12.9. The highest BCUT2D eigenvalue weighted by molar-refractivity contribution is 7.88. The van der Waals surface area contributed by atoms with Crippen molar-refractivity contribution in [2.45, 2.75) is 13.5 Å². The largest absolute Gasteiger partial charge is 0.382 e. The Bertz CT molecular complexity index is 1230. The van der Waals surface area contributed by atoms with Crippen molar-refractivity contribution in [3.63, 3.8) is 0 Å². The predicted octanol–water partition coefficient (Wildman–Crippen LogP) is 1.86. The van der Waals surface area contributed by atoms with Crippen LogP contribution in [0.4, 0.5) is 5.82 Å². The van der Waals surface area contributed by atoms with E-state index < -0.39 is 10.0 Å². The van der Waals surface area contributed by atoms with Gasteiger partial charge in [-0.3, -0.25) is 5.10 Å². The number of aromatic amines is 2. The van der Waals surface area contributed by atoms with Crippen LogP contribution in [0.5, 0.6) is 0 Å². The molecule has 4 rings (SSSR count). The van der Waals surface area contributed by atoms with E-state index in [-0.39, 0.29) is 6.54 Å². The Hall–Kier alpha value is -2.98. The Balaban J connectivity index is 1.83. The van der Waals surface area contributed by atoms with Gasteiger partial charge in [-0.25, -0.2) is 18.4 Å². The summed E-state index contributed by atoms with van der Waals surface area (Å²) in [6.45, 7) is 2.29. The van der Waals surface area contributed by atoms with Gasteiger partial charge < -0.3 is 10.7 Å². The van der Waals surface area contributed by atoms with Crippen LogP contribution in [0.25, 0.3) is 33.2 Å². The molecular formula is C17H19N7O2S. The van der Waals surface area contributed by atoms with Gasteiger partial charge in [0.1, 0.15) is 11.3 Å². The van der Waals surface area contributed by atoms with Crippen molar-refractivity contribution in [2.75, 3.05) is 18.5 Å². The molecule has 10 heteroatoms. The molecule has 3 heterocycles. The van der Waals surface area contributed by atoms with Crippen LogP contribution in [0.15, 0.2) is 30.5 Å². The van der Waals surface area contributed by atoms with Gasteiger partial charge >= 0.3 is 0 Å². The van der Waals surface area contributed by atoms with E-state index in [4.69, 9.17) is 5.73 Å². The highest BCUT2D eigenvalue weighted by Gasteiger charge is 2.19. The van der Waals surface area contributed by atoms with Gasteiger partial charge in [-0.05, 0) is 18.2 Å². The summed E-state index contributed by atoms with van der Waals surface area (Å²) in [6.07, 6.45) is 2.94. The fraction of sp³-hybridized carbons (Fsp3) is 0.235. The Morgan fingerprint density at radius 2 is 2.04 bits per heavy atom. The number of nitrogen functional groups attached to an aromatic ring is 1. The molecule has 3 aromatic heterocycles. The Morgan fingerprint density at radius 1 is 1.22 bits per heavy atom. The minimum atomic E-state index is -3.32. The maximum absolute atomic E-state index is 11.9. The highest BCUT2D eigenvalue weighted by Crippen LogP contribution is 2.29. The molecule has 0 aliphatic carbocycles. The number of nitrogens with zero attached hydrogens (tertiary/aromatic N) is 4. The number of nitrogens with two attached hydrogens (primary N) is 1.